The number of hydrogen-bond donors (Lipinski definition) is 1. The first-order chi connectivity index (χ1) is 10.2. The minimum absolute atomic E-state index is 0.580. The van der Waals surface area contributed by atoms with E-state index in [1.807, 2.05) is 29.9 Å². The Hall–Kier alpha value is -1.52. The number of aromatic nitrogens is 2. The molecule has 3 rings (SSSR count). The van der Waals surface area contributed by atoms with Crippen LogP contribution in [0.4, 0.5) is 0 Å². The lowest BCUT2D eigenvalue weighted by Crippen LogP contribution is -2.15. The number of ether oxygens (including phenoxy) is 1. The van der Waals surface area contributed by atoms with Crippen molar-refractivity contribution in [3.8, 4) is 5.75 Å². The fraction of sp³-hybridized carbons (Fsp3) is 0.438. The molecule has 1 heterocycles. The number of rotatable bonds is 7. The normalized spacial score (nSPS) is 14.4. The van der Waals surface area contributed by atoms with Crippen molar-refractivity contribution in [1.29, 1.82) is 0 Å². The van der Waals surface area contributed by atoms with E-state index < -0.39 is 0 Å². The van der Waals surface area contributed by atoms with Gasteiger partial charge in [0.15, 0.2) is 0 Å². The van der Waals surface area contributed by atoms with Crippen LogP contribution in [0.3, 0.4) is 0 Å². The number of benzene rings is 1. The van der Waals surface area contributed by atoms with Crippen LogP contribution in [0.15, 0.2) is 30.5 Å². The number of hydrogen-bond acceptors (Lipinski definition) is 3. The third-order valence-corrected chi connectivity index (χ3v) is 3.92. The lowest BCUT2D eigenvalue weighted by molar-refractivity contribution is 0.291. The molecule has 112 valence electrons. The third kappa shape index (κ3) is 4.22. The summed E-state index contributed by atoms with van der Waals surface area (Å²) in [6.45, 7) is 4.08. The minimum Gasteiger partial charge on any atom is -0.492 e. The molecule has 21 heavy (non-hydrogen) atoms. The molecular weight excluding hydrogens is 286 g/mol. The lowest BCUT2D eigenvalue weighted by atomic mass is 10.2. The van der Waals surface area contributed by atoms with Gasteiger partial charge in [-0.05, 0) is 37.5 Å². The summed E-state index contributed by atoms with van der Waals surface area (Å²) in [7, 11) is 0. The van der Waals surface area contributed by atoms with Crippen molar-refractivity contribution in [2.24, 2.45) is 0 Å². The molecule has 0 aliphatic heterocycles. The van der Waals surface area contributed by atoms with Crippen LogP contribution in [0, 0.1) is 6.92 Å². The summed E-state index contributed by atoms with van der Waals surface area (Å²) in [6.07, 6.45) is 4.44. The van der Waals surface area contributed by atoms with Crippen molar-refractivity contribution in [3.63, 3.8) is 0 Å². The first-order valence-corrected chi connectivity index (χ1v) is 7.73. The van der Waals surface area contributed by atoms with E-state index in [2.05, 4.69) is 22.5 Å². The van der Waals surface area contributed by atoms with Gasteiger partial charge in [0.2, 0.25) is 0 Å². The Balaban J connectivity index is 1.48. The topological polar surface area (TPSA) is 39.1 Å². The average molecular weight is 306 g/mol. The van der Waals surface area contributed by atoms with E-state index in [0.29, 0.717) is 18.2 Å². The van der Waals surface area contributed by atoms with Gasteiger partial charge < -0.3 is 10.1 Å². The zero-order valence-corrected chi connectivity index (χ0v) is 12.9. The Kier molecular flexibility index (Phi) is 4.46. The maximum Gasteiger partial charge on any atom is 0.119 e. The van der Waals surface area contributed by atoms with Gasteiger partial charge in [-0.1, -0.05) is 23.7 Å². The first-order valence-electron chi connectivity index (χ1n) is 7.35. The molecule has 0 spiro atoms. The van der Waals surface area contributed by atoms with Crippen molar-refractivity contribution in [3.05, 3.63) is 46.7 Å². The second-order valence-electron chi connectivity index (χ2n) is 5.48. The number of nitrogens with one attached hydrogen (secondary N) is 1. The van der Waals surface area contributed by atoms with Crippen LogP contribution < -0.4 is 10.1 Å². The summed E-state index contributed by atoms with van der Waals surface area (Å²) < 4.78 is 7.61. The molecular formula is C16H20ClN3O. The van der Waals surface area contributed by atoms with Gasteiger partial charge in [-0.3, -0.25) is 4.68 Å². The molecule has 0 saturated heterocycles. The standard InChI is InChI=1S/C16H20ClN3O/c1-12-16(17)11-20(19-12)7-8-21-15-4-2-3-13(9-15)10-18-14-5-6-14/h2-4,9,11,14,18H,5-8,10H2,1H3. The predicted molar refractivity (Wildman–Crippen MR) is 83.8 cm³/mol. The second-order valence-corrected chi connectivity index (χ2v) is 5.88. The number of nitrogens with zero attached hydrogens (tertiary/aromatic N) is 2. The molecule has 4 nitrogen and oxygen atoms in total. The van der Waals surface area contributed by atoms with Gasteiger partial charge in [0.05, 0.1) is 17.3 Å². The summed E-state index contributed by atoms with van der Waals surface area (Å²) in [5.41, 5.74) is 2.11. The molecule has 0 atom stereocenters. The number of halogens is 1. The maximum atomic E-state index is 5.98. The molecule has 0 bridgehead atoms. The molecule has 2 aromatic rings. The Morgan fingerprint density at radius 1 is 1.43 bits per heavy atom. The summed E-state index contributed by atoms with van der Waals surface area (Å²) in [6, 6.07) is 8.97. The van der Waals surface area contributed by atoms with Crippen LogP contribution in [-0.2, 0) is 13.1 Å². The van der Waals surface area contributed by atoms with Crippen molar-refractivity contribution in [1.82, 2.24) is 15.1 Å². The zero-order chi connectivity index (χ0) is 14.7. The van der Waals surface area contributed by atoms with Gasteiger partial charge in [0.1, 0.15) is 12.4 Å². The Morgan fingerprint density at radius 3 is 3.00 bits per heavy atom. The summed E-state index contributed by atoms with van der Waals surface area (Å²) in [5, 5.41) is 8.51. The Bertz CT molecular complexity index is 588. The molecule has 1 aliphatic rings. The van der Waals surface area contributed by atoms with E-state index in [4.69, 9.17) is 16.3 Å². The van der Waals surface area contributed by atoms with E-state index in [9.17, 15) is 0 Å². The molecule has 1 aromatic carbocycles. The first kappa shape index (κ1) is 14.4. The molecule has 0 radical (unpaired) electrons. The fourth-order valence-electron chi connectivity index (χ4n) is 2.16. The summed E-state index contributed by atoms with van der Waals surface area (Å²) >= 11 is 5.98. The van der Waals surface area contributed by atoms with E-state index in [1.165, 1.54) is 18.4 Å². The van der Waals surface area contributed by atoms with E-state index in [-0.39, 0.29) is 0 Å². The van der Waals surface area contributed by atoms with Crippen molar-refractivity contribution in [2.75, 3.05) is 6.61 Å². The van der Waals surface area contributed by atoms with Crippen molar-refractivity contribution >= 4 is 11.6 Å². The summed E-state index contributed by atoms with van der Waals surface area (Å²) in [5.74, 6) is 0.903. The largest absolute Gasteiger partial charge is 0.492 e. The molecule has 5 heteroatoms. The molecule has 1 N–H and O–H groups in total. The second kappa shape index (κ2) is 6.50. The highest BCUT2D eigenvalue weighted by atomic mass is 35.5. The quantitative estimate of drug-likeness (QED) is 0.854. The Morgan fingerprint density at radius 2 is 2.29 bits per heavy atom. The van der Waals surface area contributed by atoms with E-state index in [0.717, 1.165) is 24.0 Å². The number of aryl methyl sites for hydroxylation is 1. The van der Waals surface area contributed by atoms with Gasteiger partial charge in [-0.15, -0.1) is 0 Å². The van der Waals surface area contributed by atoms with Gasteiger partial charge >= 0.3 is 0 Å². The van der Waals surface area contributed by atoms with Crippen LogP contribution in [0.25, 0.3) is 0 Å². The monoisotopic (exact) mass is 305 g/mol. The lowest BCUT2D eigenvalue weighted by Gasteiger charge is -2.09. The van der Waals surface area contributed by atoms with Crippen molar-refractivity contribution < 1.29 is 4.74 Å². The van der Waals surface area contributed by atoms with Gasteiger partial charge in [-0.2, -0.15) is 5.10 Å². The maximum absolute atomic E-state index is 5.98. The predicted octanol–water partition coefficient (Wildman–Crippen LogP) is 3.18. The fourth-order valence-corrected chi connectivity index (χ4v) is 2.31. The SMILES string of the molecule is Cc1nn(CCOc2cccc(CNC3CC3)c2)cc1Cl. The van der Waals surface area contributed by atoms with E-state index >= 15 is 0 Å². The highest BCUT2D eigenvalue weighted by Gasteiger charge is 2.19. The van der Waals surface area contributed by atoms with Gasteiger partial charge in [0.25, 0.3) is 0 Å². The summed E-state index contributed by atoms with van der Waals surface area (Å²) in [4.78, 5) is 0. The molecule has 1 fully saturated rings. The molecule has 0 unspecified atom stereocenters. The molecule has 1 aromatic heterocycles. The molecule has 0 amide bonds. The van der Waals surface area contributed by atoms with Gasteiger partial charge in [0, 0.05) is 18.8 Å². The highest BCUT2D eigenvalue weighted by Crippen LogP contribution is 2.20. The average Bonchev–Trinajstić information content (AvgIpc) is 3.24. The van der Waals surface area contributed by atoms with Crippen LogP contribution in [0.2, 0.25) is 5.02 Å². The minimum atomic E-state index is 0.580. The molecule has 1 saturated carbocycles. The third-order valence-electron chi connectivity index (χ3n) is 3.55. The Labute approximate surface area is 130 Å². The van der Waals surface area contributed by atoms with E-state index in [1.54, 1.807) is 0 Å². The van der Waals surface area contributed by atoms with Crippen LogP contribution in [-0.4, -0.2) is 22.4 Å². The highest BCUT2D eigenvalue weighted by molar-refractivity contribution is 6.31. The molecule has 1 aliphatic carbocycles. The smallest absolute Gasteiger partial charge is 0.119 e. The van der Waals surface area contributed by atoms with Crippen LogP contribution >= 0.6 is 11.6 Å². The zero-order valence-electron chi connectivity index (χ0n) is 12.2. The van der Waals surface area contributed by atoms with Crippen LogP contribution in [0.1, 0.15) is 24.1 Å². The van der Waals surface area contributed by atoms with Crippen LogP contribution in [0.5, 0.6) is 5.75 Å². The van der Waals surface area contributed by atoms with Crippen molar-refractivity contribution in [2.45, 2.75) is 38.9 Å². The van der Waals surface area contributed by atoms with Gasteiger partial charge in [-0.25, -0.2) is 0 Å².